The van der Waals surface area contributed by atoms with Crippen LogP contribution in [0.4, 0.5) is 0 Å². The van der Waals surface area contributed by atoms with E-state index in [9.17, 15) is 8.42 Å². The zero-order valence-corrected chi connectivity index (χ0v) is 16.4. The Kier molecular flexibility index (Phi) is 5.86. The van der Waals surface area contributed by atoms with Crippen molar-refractivity contribution in [2.24, 2.45) is 5.41 Å². The second kappa shape index (κ2) is 7.77. The van der Waals surface area contributed by atoms with Gasteiger partial charge in [-0.2, -0.15) is 4.31 Å². The van der Waals surface area contributed by atoms with Crippen molar-refractivity contribution in [3.63, 3.8) is 0 Å². The molecule has 2 aliphatic rings. The molecular weight excluding hydrogens is 334 g/mol. The van der Waals surface area contributed by atoms with E-state index >= 15 is 0 Å². The molecule has 2 fully saturated rings. The number of piperidine rings is 1. The number of rotatable bonds is 6. The molecule has 1 aromatic carbocycles. The van der Waals surface area contributed by atoms with Gasteiger partial charge in [-0.1, -0.05) is 31.9 Å². The smallest absolute Gasteiger partial charge is 0.243 e. The summed E-state index contributed by atoms with van der Waals surface area (Å²) in [5.74, 6) is 0. The van der Waals surface area contributed by atoms with Crippen molar-refractivity contribution in [1.29, 1.82) is 0 Å². The van der Waals surface area contributed by atoms with Crippen LogP contribution in [0.3, 0.4) is 0 Å². The molecule has 0 amide bonds. The fraction of sp³-hybridized carbons (Fsp3) is 0.700. The van der Waals surface area contributed by atoms with Gasteiger partial charge in [0.2, 0.25) is 10.0 Å². The molecule has 3 rings (SSSR count). The van der Waals surface area contributed by atoms with Crippen molar-refractivity contribution in [3.8, 4) is 0 Å². The van der Waals surface area contributed by atoms with E-state index in [1.54, 1.807) is 23.5 Å². The van der Waals surface area contributed by atoms with Crippen LogP contribution in [0.1, 0.15) is 57.4 Å². The summed E-state index contributed by atoms with van der Waals surface area (Å²) in [5, 5.41) is 0. The first-order valence-electron chi connectivity index (χ1n) is 9.64. The molecule has 0 aromatic heterocycles. The van der Waals surface area contributed by atoms with E-state index in [0.29, 0.717) is 18.0 Å². The van der Waals surface area contributed by atoms with Crippen molar-refractivity contribution in [1.82, 2.24) is 4.31 Å². The molecule has 1 aliphatic carbocycles. The zero-order chi connectivity index (χ0) is 17.9. The lowest BCUT2D eigenvalue weighted by atomic mass is 9.77. The molecule has 1 aromatic rings. The lowest BCUT2D eigenvalue weighted by molar-refractivity contribution is -0.0184. The number of unbranched alkanes of at least 4 members (excludes halogenated alkanes) is 1. The van der Waals surface area contributed by atoms with Crippen molar-refractivity contribution in [2.45, 2.75) is 69.3 Å². The Balaban J connectivity index is 1.77. The summed E-state index contributed by atoms with van der Waals surface area (Å²) in [5.41, 5.74) is 1.23. The fourth-order valence-corrected chi connectivity index (χ4v) is 6.20. The third-order valence-electron chi connectivity index (χ3n) is 6.06. The Labute approximate surface area is 152 Å². The van der Waals surface area contributed by atoms with Gasteiger partial charge in [-0.05, 0) is 56.2 Å². The Morgan fingerprint density at radius 2 is 1.92 bits per heavy atom. The van der Waals surface area contributed by atoms with E-state index in [-0.39, 0.29) is 11.5 Å². The molecule has 0 bridgehead atoms. The number of nitrogens with zero attached hydrogens (tertiary/aromatic N) is 1. The van der Waals surface area contributed by atoms with Crippen LogP contribution in [0, 0.1) is 5.41 Å². The van der Waals surface area contributed by atoms with Gasteiger partial charge in [-0.25, -0.2) is 8.42 Å². The third kappa shape index (κ3) is 3.79. The molecule has 0 unspecified atom stereocenters. The molecule has 1 saturated heterocycles. The molecule has 0 N–H and O–H groups in total. The van der Waals surface area contributed by atoms with Gasteiger partial charge in [0.25, 0.3) is 0 Å². The van der Waals surface area contributed by atoms with E-state index in [4.69, 9.17) is 4.74 Å². The average molecular weight is 366 g/mol. The molecule has 25 heavy (non-hydrogen) atoms. The zero-order valence-electron chi connectivity index (χ0n) is 15.5. The second-order valence-electron chi connectivity index (χ2n) is 7.67. The number of aryl methyl sites for hydroxylation is 1. The summed E-state index contributed by atoms with van der Waals surface area (Å²) in [6.45, 7) is 3.39. The lowest BCUT2D eigenvalue weighted by Gasteiger charge is -2.43. The van der Waals surface area contributed by atoms with Gasteiger partial charge >= 0.3 is 0 Å². The van der Waals surface area contributed by atoms with Crippen LogP contribution >= 0.6 is 0 Å². The summed E-state index contributed by atoms with van der Waals surface area (Å²) >= 11 is 0. The first kappa shape index (κ1) is 18.9. The van der Waals surface area contributed by atoms with Gasteiger partial charge in [0.1, 0.15) is 0 Å². The Bertz CT molecular complexity index is 671. The molecule has 1 heterocycles. The first-order valence-corrected chi connectivity index (χ1v) is 11.1. The molecule has 140 valence electrons. The minimum Gasteiger partial charge on any atom is -0.381 e. The van der Waals surface area contributed by atoms with Crippen LogP contribution in [-0.2, 0) is 21.2 Å². The maximum Gasteiger partial charge on any atom is 0.243 e. The maximum atomic E-state index is 13.1. The van der Waals surface area contributed by atoms with Crippen LogP contribution in [-0.4, -0.2) is 39.0 Å². The lowest BCUT2D eigenvalue weighted by Crippen LogP contribution is -2.49. The maximum absolute atomic E-state index is 13.1. The Hall–Kier alpha value is -0.910. The highest BCUT2D eigenvalue weighted by Crippen LogP contribution is 2.47. The first-order chi connectivity index (χ1) is 12.0. The number of methoxy groups -OCH3 is 1. The van der Waals surface area contributed by atoms with Crippen LogP contribution in [0.5, 0.6) is 0 Å². The highest BCUT2D eigenvalue weighted by Gasteiger charge is 2.48. The molecule has 5 heteroatoms. The molecule has 1 saturated carbocycles. The monoisotopic (exact) mass is 365 g/mol. The molecule has 1 aliphatic heterocycles. The third-order valence-corrected chi connectivity index (χ3v) is 7.92. The van der Waals surface area contributed by atoms with E-state index in [1.807, 2.05) is 12.1 Å². The number of hydrogen-bond acceptors (Lipinski definition) is 3. The average Bonchev–Trinajstić information content (AvgIpc) is 3.02. The number of ether oxygens (including phenoxy) is 1. The van der Waals surface area contributed by atoms with Gasteiger partial charge in [0, 0.05) is 25.6 Å². The summed E-state index contributed by atoms with van der Waals surface area (Å²) < 4.78 is 33.7. The standard InChI is InChI=1S/C20H31NO3S/c1-3-4-7-17-9-11-18(12-10-17)25(22,23)21-15-6-14-20(16-21)13-5-8-19(20)24-2/h9-12,19H,3-8,13-16H2,1-2H3/t19-,20-/m1/s1. The Morgan fingerprint density at radius 3 is 2.60 bits per heavy atom. The highest BCUT2D eigenvalue weighted by atomic mass is 32.2. The number of sulfonamides is 1. The molecule has 2 atom stereocenters. The van der Waals surface area contributed by atoms with Crippen LogP contribution in [0.2, 0.25) is 0 Å². The number of benzene rings is 1. The summed E-state index contributed by atoms with van der Waals surface area (Å²) in [4.78, 5) is 0.428. The predicted molar refractivity (Wildman–Crippen MR) is 100 cm³/mol. The summed E-state index contributed by atoms with van der Waals surface area (Å²) in [7, 11) is -1.65. The normalized spacial score (nSPS) is 27.8. The summed E-state index contributed by atoms with van der Waals surface area (Å²) in [6.07, 6.45) is 8.76. The molecule has 1 spiro atoms. The summed E-state index contributed by atoms with van der Waals surface area (Å²) in [6, 6.07) is 7.50. The minimum atomic E-state index is -3.42. The van der Waals surface area contributed by atoms with Crippen molar-refractivity contribution in [2.75, 3.05) is 20.2 Å². The van der Waals surface area contributed by atoms with Crippen molar-refractivity contribution in [3.05, 3.63) is 29.8 Å². The molecular formula is C20H31NO3S. The highest BCUT2D eigenvalue weighted by molar-refractivity contribution is 7.89. The fourth-order valence-electron chi connectivity index (χ4n) is 4.62. The second-order valence-corrected chi connectivity index (χ2v) is 9.61. The van der Waals surface area contributed by atoms with Gasteiger partial charge in [0.15, 0.2) is 0 Å². The SMILES string of the molecule is CCCCc1ccc(S(=O)(=O)N2CCC[C@]3(CCC[C@H]3OC)C2)cc1. The van der Waals surface area contributed by atoms with Crippen LogP contribution < -0.4 is 0 Å². The topological polar surface area (TPSA) is 46.6 Å². The molecule has 0 radical (unpaired) electrons. The van der Waals surface area contributed by atoms with E-state index in [1.165, 1.54) is 5.56 Å². The van der Waals surface area contributed by atoms with Gasteiger partial charge in [0.05, 0.1) is 11.0 Å². The van der Waals surface area contributed by atoms with Crippen molar-refractivity contribution < 1.29 is 13.2 Å². The number of hydrogen-bond donors (Lipinski definition) is 0. The Morgan fingerprint density at radius 1 is 1.20 bits per heavy atom. The van der Waals surface area contributed by atoms with Crippen LogP contribution in [0.15, 0.2) is 29.2 Å². The largest absolute Gasteiger partial charge is 0.381 e. The minimum absolute atomic E-state index is 0.0150. The van der Waals surface area contributed by atoms with E-state index < -0.39 is 10.0 Å². The van der Waals surface area contributed by atoms with Gasteiger partial charge in [-0.15, -0.1) is 0 Å². The van der Waals surface area contributed by atoms with Gasteiger partial charge in [-0.3, -0.25) is 0 Å². The van der Waals surface area contributed by atoms with E-state index in [0.717, 1.165) is 51.4 Å². The predicted octanol–water partition coefficient (Wildman–Crippen LogP) is 4.00. The molecule has 4 nitrogen and oxygen atoms in total. The quantitative estimate of drug-likeness (QED) is 0.765. The van der Waals surface area contributed by atoms with Gasteiger partial charge < -0.3 is 4.74 Å². The van der Waals surface area contributed by atoms with Crippen molar-refractivity contribution >= 4 is 10.0 Å². The van der Waals surface area contributed by atoms with E-state index in [2.05, 4.69) is 6.92 Å². The van der Waals surface area contributed by atoms with Crippen LogP contribution in [0.25, 0.3) is 0 Å².